The summed E-state index contributed by atoms with van der Waals surface area (Å²) < 4.78 is 0. The van der Waals surface area contributed by atoms with Crippen LogP contribution in [0.25, 0.3) is 11.3 Å². The molecule has 3 nitrogen and oxygen atoms in total. The van der Waals surface area contributed by atoms with Gasteiger partial charge in [0.2, 0.25) is 5.13 Å². The molecule has 2 aromatic rings. The van der Waals surface area contributed by atoms with Crippen molar-refractivity contribution in [3.05, 3.63) is 35.7 Å². The van der Waals surface area contributed by atoms with Gasteiger partial charge in [-0.1, -0.05) is 37.3 Å². The largest absolute Gasteiger partial charge is 0.253 e. The summed E-state index contributed by atoms with van der Waals surface area (Å²) in [5, 5.41) is 7.10. The minimum atomic E-state index is 0.830. The highest BCUT2D eigenvalue weighted by Gasteiger charge is 2.02. The number of anilines is 1. The fraction of sp³-hybridized carbons (Fsp3) is 0.231. The van der Waals surface area contributed by atoms with Crippen LogP contribution in [0.4, 0.5) is 5.13 Å². The van der Waals surface area contributed by atoms with Gasteiger partial charge in [-0.05, 0) is 13.3 Å². The molecule has 4 heteroatoms. The van der Waals surface area contributed by atoms with E-state index >= 15 is 0 Å². The zero-order valence-corrected chi connectivity index (χ0v) is 10.8. The number of nitrogens with one attached hydrogen (secondary N) is 1. The van der Waals surface area contributed by atoms with E-state index in [0.717, 1.165) is 28.5 Å². The van der Waals surface area contributed by atoms with Crippen LogP contribution in [0.5, 0.6) is 0 Å². The van der Waals surface area contributed by atoms with Crippen LogP contribution < -0.4 is 5.43 Å². The van der Waals surface area contributed by atoms with Crippen LogP contribution in [-0.2, 0) is 0 Å². The molecule has 0 aliphatic heterocycles. The van der Waals surface area contributed by atoms with Gasteiger partial charge >= 0.3 is 0 Å². The summed E-state index contributed by atoms with van der Waals surface area (Å²) in [6, 6.07) is 10.1. The van der Waals surface area contributed by atoms with E-state index in [0.29, 0.717) is 0 Å². The fourth-order valence-corrected chi connectivity index (χ4v) is 1.95. The Balaban J connectivity index is 2.12. The van der Waals surface area contributed by atoms with Crippen molar-refractivity contribution < 1.29 is 0 Å². The maximum atomic E-state index is 4.49. The van der Waals surface area contributed by atoms with E-state index in [1.54, 1.807) is 11.3 Å². The van der Waals surface area contributed by atoms with Gasteiger partial charge in [0, 0.05) is 16.7 Å². The number of thiazole rings is 1. The van der Waals surface area contributed by atoms with Gasteiger partial charge in [0.15, 0.2) is 0 Å². The lowest BCUT2D eigenvalue weighted by Gasteiger charge is -1.97. The molecule has 1 N–H and O–H groups in total. The molecule has 0 aliphatic carbocycles. The van der Waals surface area contributed by atoms with Crippen molar-refractivity contribution in [1.82, 2.24) is 4.98 Å². The fourth-order valence-electron chi connectivity index (χ4n) is 1.29. The van der Waals surface area contributed by atoms with Crippen LogP contribution in [0.1, 0.15) is 20.3 Å². The van der Waals surface area contributed by atoms with Gasteiger partial charge in [-0.15, -0.1) is 11.3 Å². The number of hydrazone groups is 1. The Bertz CT molecular complexity index is 502. The predicted octanol–water partition coefficient (Wildman–Crippen LogP) is 4.01. The van der Waals surface area contributed by atoms with Crippen molar-refractivity contribution in [2.24, 2.45) is 5.10 Å². The van der Waals surface area contributed by atoms with Gasteiger partial charge < -0.3 is 0 Å². The number of nitrogens with zero attached hydrogens (tertiary/aromatic N) is 2. The van der Waals surface area contributed by atoms with Crippen molar-refractivity contribution in [2.45, 2.75) is 20.3 Å². The molecule has 0 atom stereocenters. The first-order valence-electron chi connectivity index (χ1n) is 5.59. The second-order valence-corrected chi connectivity index (χ2v) is 4.57. The maximum absolute atomic E-state index is 4.49. The van der Waals surface area contributed by atoms with E-state index in [1.807, 2.05) is 30.5 Å². The quantitative estimate of drug-likeness (QED) is 0.652. The Labute approximate surface area is 105 Å². The topological polar surface area (TPSA) is 37.3 Å². The molecule has 2 rings (SSSR count). The minimum Gasteiger partial charge on any atom is -0.253 e. The Morgan fingerprint density at radius 2 is 2.12 bits per heavy atom. The molecule has 1 aromatic carbocycles. The highest BCUT2D eigenvalue weighted by atomic mass is 32.1. The highest BCUT2D eigenvalue weighted by molar-refractivity contribution is 7.14. The molecule has 0 fully saturated rings. The first-order chi connectivity index (χ1) is 8.29. The average Bonchev–Trinajstić information content (AvgIpc) is 2.86. The third-order valence-electron chi connectivity index (χ3n) is 2.43. The molecule has 0 unspecified atom stereocenters. The summed E-state index contributed by atoms with van der Waals surface area (Å²) in [6.45, 7) is 4.08. The molecular weight excluding hydrogens is 230 g/mol. The maximum Gasteiger partial charge on any atom is 0.203 e. The first kappa shape index (κ1) is 11.8. The smallest absolute Gasteiger partial charge is 0.203 e. The van der Waals surface area contributed by atoms with Crippen molar-refractivity contribution in [3.63, 3.8) is 0 Å². The van der Waals surface area contributed by atoms with E-state index in [-0.39, 0.29) is 0 Å². The molecule has 1 aromatic heterocycles. The van der Waals surface area contributed by atoms with Gasteiger partial charge in [0.05, 0.1) is 5.69 Å². The third kappa shape index (κ3) is 3.14. The van der Waals surface area contributed by atoms with Crippen LogP contribution in [-0.4, -0.2) is 10.7 Å². The third-order valence-corrected chi connectivity index (χ3v) is 3.17. The van der Waals surface area contributed by atoms with Gasteiger partial charge in [0.25, 0.3) is 0 Å². The number of benzene rings is 1. The van der Waals surface area contributed by atoms with Gasteiger partial charge in [0.1, 0.15) is 0 Å². The number of rotatable bonds is 4. The van der Waals surface area contributed by atoms with E-state index in [9.17, 15) is 0 Å². The summed E-state index contributed by atoms with van der Waals surface area (Å²) in [7, 11) is 0. The zero-order valence-electron chi connectivity index (χ0n) is 9.97. The highest BCUT2D eigenvalue weighted by Crippen LogP contribution is 2.24. The molecule has 0 amide bonds. The van der Waals surface area contributed by atoms with Crippen molar-refractivity contribution >= 4 is 22.2 Å². The van der Waals surface area contributed by atoms with Crippen LogP contribution in [0, 0.1) is 0 Å². The lowest BCUT2D eigenvalue weighted by molar-refractivity contribution is 1.20. The number of aromatic nitrogens is 1. The normalized spacial score (nSPS) is 11.5. The molecule has 0 spiro atoms. The lowest BCUT2D eigenvalue weighted by Crippen LogP contribution is -1.95. The Hall–Kier alpha value is -1.68. The number of hydrogen-bond acceptors (Lipinski definition) is 4. The first-order valence-corrected chi connectivity index (χ1v) is 6.47. The average molecular weight is 245 g/mol. The number of hydrogen-bond donors (Lipinski definition) is 1. The van der Waals surface area contributed by atoms with E-state index in [1.165, 1.54) is 0 Å². The molecular formula is C13H15N3S. The summed E-state index contributed by atoms with van der Waals surface area (Å²) in [5.41, 5.74) is 6.17. The summed E-state index contributed by atoms with van der Waals surface area (Å²) in [6.07, 6.45) is 0.948. The molecule has 0 saturated heterocycles. The second-order valence-electron chi connectivity index (χ2n) is 3.72. The van der Waals surface area contributed by atoms with Crippen LogP contribution >= 0.6 is 11.3 Å². The van der Waals surface area contributed by atoms with E-state index in [4.69, 9.17) is 0 Å². The zero-order chi connectivity index (χ0) is 12.1. The summed E-state index contributed by atoms with van der Waals surface area (Å²) >= 11 is 1.57. The van der Waals surface area contributed by atoms with Crippen molar-refractivity contribution in [3.8, 4) is 11.3 Å². The SMILES string of the molecule is CCC(C)=NNc1nc(-c2ccccc2)cs1. The summed E-state index contributed by atoms with van der Waals surface area (Å²) in [5.74, 6) is 0. The summed E-state index contributed by atoms with van der Waals surface area (Å²) in [4.78, 5) is 4.49. The second kappa shape index (κ2) is 5.59. The molecule has 0 aliphatic rings. The molecule has 17 heavy (non-hydrogen) atoms. The van der Waals surface area contributed by atoms with Crippen LogP contribution in [0.15, 0.2) is 40.8 Å². The Morgan fingerprint density at radius 1 is 1.35 bits per heavy atom. The standard InChI is InChI=1S/C13H15N3S/c1-3-10(2)15-16-13-14-12(9-17-13)11-7-5-4-6-8-11/h4-9H,3H2,1-2H3,(H,14,16). The lowest BCUT2D eigenvalue weighted by atomic mass is 10.2. The van der Waals surface area contributed by atoms with Gasteiger partial charge in [-0.3, -0.25) is 5.43 Å². The van der Waals surface area contributed by atoms with Gasteiger partial charge in [-0.2, -0.15) is 5.10 Å². The van der Waals surface area contributed by atoms with Crippen molar-refractivity contribution in [2.75, 3.05) is 5.43 Å². The Morgan fingerprint density at radius 3 is 2.82 bits per heavy atom. The van der Waals surface area contributed by atoms with Crippen LogP contribution in [0.2, 0.25) is 0 Å². The Kier molecular flexibility index (Phi) is 3.88. The predicted molar refractivity (Wildman–Crippen MR) is 74.6 cm³/mol. The van der Waals surface area contributed by atoms with E-state index in [2.05, 4.69) is 34.6 Å². The van der Waals surface area contributed by atoms with E-state index < -0.39 is 0 Å². The minimum absolute atomic E-state index is 0.830. The molecule has 0 radical (unpaired) electrons. The molecule has 88 valence electrons. The molecule has 0 saturated carbocycles. The molecule has 0 bridgehead atoms. The monoisotopic (exact) mass is 245 g/mol. The van der Waals surface area contributed by atoms with Gasteiger partial charge in [-0.25, -0.2) is 4.98 Å². The molecule has 1 heterocycles. The van der Waals surface area contributed by atoms with Crippen LogP contribution in [0.3, 0.4) is 0 Å². The van der Waals surface area contributed by atoms with Crippen molar-refractivity contribution in [1.29, 1.82) is 0 Å².